The Kier molecular flexibility index (Phi) is 4.81. The second kappa shape index (κ2) is 7.59. The highest BCUT2D eigenvalue weighted by Gasteiger charge is 2.38. The fourth-order valence-electron chi connectivity index (χ4n) is 3.39. The number of carbonyl (C=O) groups is 2. The highest BCUT2D eigenvalue weighted by atomic mass is 16.6. The molecule has 0 radical (unpaired) electrons. The number of non-ortho nitro benzene ring substituents is 1. The van der Waals surface area contributed by atoms with Crippen LogP contribution < -0.4 is 10.2 Å². The van der Waals surface area contributed by atoms with Crippen molar-refractivity contribution < 1.29 is 14.5 Å². The van der Waals surface area contributed by atoms with Crippen molar-refractivity contribution in [1.82, 2.24) is 4.98 Å². The number of nitrogens with one attached hydrogen (secondary N) is 1. The van der Waals surface area contributed by atoms with E-state index < -0.39 is 16.7 Å². The SMILES string of the molecule is CC(=O)N1C(=O)/C(=C(\Nc2cccnc2)c2ccccc2)c2ccc([N+](=O)[O-])cc21. The topological polar surface area (TPSA) is 105 Å². The number of rotatable bonds is 4. The van der Waals surface area contributed by atoms with E-state index in [0.29, 0.717) is 16.9 Å². The molecule has 8 nitrogen and oxygen atoms in total. The minimum Gasteiger partial charge on any atom is -0.353 e. The second-order valence-corrected chi connectivity index (χ2v) is 6.60. The first-order chi connectivity index (χ1) is 14.5. The zero-order valence-corrected chi connectivity index (χ0v) is 15.9. The Labute approximate surface area is 171 Å². The number of anilines is 2. The molecule has 0 spiro atoms. The van der Waals surface area contributed by atoms with Crippen molar-refractivity contribution >= 4 is 40.1 Å². The minimum atomic E-state index is -0.559. The Balaban J connectivity index is 1.98. The van der Waals surface area contributed by atoms with E-state index in [9.17, 15) is 19.7 Å². The second-order valence-electron chi connectivity index (χ2n) is 6.60. The van der Waals surface area contributed by atoms with Crippen LogP contribution in [0.15, 0.2) is 73.1 Å². The molecule has 0 fully saturated rings. The summed E-state index contributed by atoms with van der Waals surface area (Å²) in [4.78, 5) is 41.3. The number of benzene rings is 2. The van der Waals surface area contributed by atoms with Gasteiger partial charge in [-0.15, -0.1) is 0 Å². The Morgan fingerprint density at radius 3 is 2.50 bits per heavy atom. The van der Waals surface area contributed by atoms with E-state index in [4.69, 9.17) is 0 Å². The number of carbonyl (C=O) groups excluding carboxylic acids is 2. The minimum absolute atomic E-state index is 0.193. The standard InChI is InChI=1S/C22H16N4O4/c1-14(27)25-19-12-17(26(29)30)9-10-18(19)20(22(25)28)21(15-6-3-2-4-7-15)24-16-8-5-11-23-13-16/h2-13,24H,1H3/b21-20-. The van der Waals surface area contributed by atoms with Crippen LogP contribution >= 0.6 is 0 Å². The summed E-state index contributed by atoms with van der Waals surface area (Å²) >= 11 is 0. The van der Waals surface area contributed by atoms with Gasteiger partial charge in [-0.1, -0.05) is 30.3 Å². The number of pyridine rings is 1. The van der Waals surface area contributed by atoms with Crippen molar-refractivity contribution in [3.8, 4) is 0 Å². The van der Waals surface area contributed by atoms with Crippen molar-refractivity contribution in [2.45, 2.75) is 6.92 Å². The first-order valence-electron chi connectivity index (χ1n) is 9.08. The van der Waals surface area contributed by atoms with E-state index in [1.54, 1.807) is 24.5 Å². The Morgan fingerprint density at radius 1 is 1.10 bits per heavy atom. The molecule has 8 heteroatoms. The summed E-state index contributed by atoms with van der Waals surface area (Å²) in [6.07, 6.45) is 3.25. The average molecular weight is 400 g/mol. The maximum Gasteiger partial charge on any atom is 0.271 e. The maximum absolute atomic E-state index is 13.3. The molecule has 0 saturated heterocycles. The Bertz CT molecular complexity index is 1190. The molecule has 148 valence electrons. The smallest absolute Gasteiger partial charge is 0.271 e. The summed E-state index contributed by atoms with van der Waals surface area (Å²) in [6, 6.07) is 16.8. The highest BCUT2D eigenvalue weighted by Crippen LogP contribution is 2.42. The summed E-state index contributed by atoms with van der Waals surface area (Å²) in [6.45, 7) is 1.25. The van der Waals surface area contributed by atoms with Gasteiger partial charge in [-0.3, -0.25) is 24.7 Å². The average Bonchev–Trinajstić information content (AvgIpc) is 3.04. The van der Waals surface area contributed by atoms with Crippen LogP contribution in [0.3, 0.4) is 0 Å². The van der Waals surface area contributed by atoms with E-state index in [2.05, 4.69) is 10.3 Å². The molecule has 1 aromatic heterocycles. The van der Waals surface area contributed by atoms with Crippen molar-refractivity contribution in [2.24, 2.45) is 0 Å². The van der Waals surface area contributed by atoms with E-state index >= 15 is 0 Å². The summed E-state index contributed by atoms with van der Waals surface area (Å²) < 4.78 is 0. The third kappa shape index (κ3) is 3.30. The van der Waals surface area contributed by atoms with Gasteiger partial charge < -0.3 is 5.32 Å². The normalized spacial score (nSPS) is 14.3. The molecule has 3 aromatic rings. The number of nitro groups is 1. The number of amides is 2. The number of nitro benzene ring substituents is 1. The van der Waals surface area contributed by atoms with Crippen LogP contribution in [0.2, 0.25) is 0 Å². The van der Waals surface area contributed by atoms with Gasteiger partial charge in [0.05, 0.1) is 33.8 Å². The molecule has 0 atom stereocenters. The van der Waals surface area contributed by atoms with Crippen molar-refractivity contribution in [1.29, 1.82) is 0 Å². The molecule has 0 aliphatic carbocycles. The lowest BCUT2D eigenvalue weighted by molar-refractivity contribution is -0.384. The quantitative estimate of drug-likeness (QED) is 0.405. The lowest BCUT2D eigenvalue weighted by Crippen LogP contribution is -2.31. The zero-order chi connectivity index (χ0) is 21.3. The summed E-state index contributed by atoms with van der Waals surface area (Å²) in [5.74, 6) is -1.07. The number of imide groups is 1. The summed E-state index contributed by atoms with van der Waals surface area (Å²) in [5.41, 5.74) is 2.54. The van der Waals surface area contributed by atoms with Crippen LogP contribution in [0.1, 0.15) is 18.1 Å². The molecule has 1 aliphatic rings. The fourth-order valence-corrected chi connectivity index (χ4v) is 3.39. The third-order valence-corrected chi connectivity index (χ3v) is 4.68. The van der Waals surface area contributed by atoms with Gasteiger partial charge in [-0.2, -0.15) is 0 Å². The van der Waals surface area contributed by atoms with Gasteiger partial charge in [0.1, 0.15) is 0 Å². The maximum atomic E-state index is 13.3. The molecule has 1 aliphatic heterocycles. The summed E-state index contributed by atoms with van der Waals surface area (Å²) in [5, 5.41) is 14.5. The molecule has 30 heavy (non-hydrogen) atoms. The molecule has 2 aromatic carbocycles. The van der Waals surface area contributed by atoms with E-state index in [0.717, 1.165) is 10.5 Å². The predicted octanol–water partition coefficient (Wildman–Crippen LogP) is 3.86. The number of hydrogen-bond acceptors (Lipinski definition) is 6. The van der Waals surface area contributed by atoms with Gasteiger partial charge in [0, 0.05) is 30.8 Å². The molecule has 2 heterocycles. The van der Waals surface area contributed by atoms with Crippen LogP contribution in [0.4, 0.5) is 17.1 Å². The third-order valence-electron chi connectivity index (χ3n) is 4.68. The largest absolute Gasteiger partial charge is 0.353 e. The molecular formula is C22H16N4O4. The van der Waals surface area contributed by atoms with Crippen LogP contribution in [0.25, 0.3) is 11.3 Å². The molecule has 1 N–H and O–H groups in total. The van der Waals surface area contributed by atoms with E-state index in [1.165, 1.54) is 25.1 Å². The van der Waals surface area contributed by atoms with E-state index in [-0.39, 0.29) is 16.9 Å². The first-order valence-corrected chi connectivity index (χ1v) is 9.08. The molecule has 2 amide bonds. The van der Waals surface area contributed by atoms with Gasteiger partial charge in [0.25, 0.3) is 11.6 Å². The van der Waals surface area contributed by atoms with Gasteiger partial charge >= 0.3 is 0 Å². The van der Waals surface area contributed by atoms with Crippen molar-refractivity contribution in [3.05, 3.63) is 94.3 Å². The lowest BCUT2D eigenvalue weighted by Gasteiger charge is -2.15. The van der Waals surface area contributed by atoms with Gasteiger partial charge in [-0.25, -0.2) is 4.90 Å². The lowest BCUT2D eigenvalue weighted by atomic mass is 10.00. The number of aromatic nitrogens is 1. The number of hydrogen-bond donors (Lipinski definition) is 1. The zero-order valence-electron chi connectivity index (χ0n) is 15.9. The molecule has 0 bridgehead atoms. The van der Waals surface area contributed by atoms with Crippen LogP contribution in [-0.2, 0) is 9.59 Å². The number of fused-ring (bicyclic) bond motifs is 1. The molecular weight excluding hydrogens is 384 g/mol. The monoisotopic (exact) mass is 400 g/mol. The first kappa shape index (κ1) is 19.0. The predicted molar refractivity (Wildman–Crippen MR) is 112 cm³/mol. The van der Waals surface area contributed by atoms with Crippen molar-refractivity contribution in [2.75, 3.05) is 10.2 Å². The molecule has 4 rings (SSSR count). The van der Waals surface area contributed by atoms with Crippen LogP contribution in [0.5, 0.6) is 0 Å². The van der Waals surface area contributed by atoms with Gasteiger partial charge in [-0.05, 0) is 23.8 Å². The Hall–Kier alpha value is -4.33. The highest BCUT2D eigenvalue weighted by molar-refractivity contribution is 6.43. The number of nitrogens with zero attached hydrogens (tertiary/aromatic N) is 3. The van der Waals surface area contributed by atoms with Gasteiger partial charge in [0.15, 0.2) is 0 Å². The van der Waals surface area contributed by atoms with Crippen LogP contribution in [0, 0.1) is 10.1 Å². The molecule has 0 saturated carbocycles. The van der Waals surface area contributed by atoms with E-state index in [1.807, 2.05) is 30.3 Å². The summed E-state index contributed by atoms with van der Waals surface area (Å²) in [7, 11) is 0. The van der Waals surface area contributed by atoms with Gasteiger partial charge in [0.2, 0.25) is 5.91 Å². The molecule has 0 unspecified atom stereocenters. The fraction of sp³-hybridized carbons (Fsp3) is 0.0455. The van der Waals surface area contributed by atoms with Crippen molar-refractivity contribution in [3.63, 3.8) is 0 Å². The Morgan fingerprint density at radius 2 is 1.87 bits per heavy atom. The van der Waals surface area contributed by atoms with Crippen LogP contribution in [-0.4, -0.2) is 21.7 Å².